The normalized spacial score (nSPS) is 21.5. The van der Waals surface area contributed by atoms with Gasteiger partial charge in [0.2, 0.25) is 5.91 Å². The zero-order valence-corrected chi connectivity index (χ0v) is 12.8. The molecule has 21 heavy (non-hydrogen) atoms. The van der Waals surface area contributed by atoms with Gasteiger partial charge in [0.15, 0.2) is 0 Å². The van der Waals surface area contributed by atoms with Crippen LogP contribution in [-0.2, 0) is 19.1 Å². The number of amides is 1. The van der Waals surface area contributed by atoms with Crippen LogP contribution in [-0.4, -0.2) is 62.8 Å². The molecule has 6 nitrogen and oxygen atoms in total. The Morgan fingerprint density at radius 1 is 1.33 bits per heavy atom. The molecule has 1 unspecified atom stereocenters. The van der Waals surface area contributed by atoms with Crippen LogP contribution in [0.2, 0.25) is 0 Å². The lowest BCUT2D eigenvalue weighted by molar-refractivity contribution is -0.141. The summed E-state index contributed by atoms with van der Waals surface area (Å²) in [5, 5.41) is 2.96. The molecule has 1 amide bonds. The highest BCUT2D eigenvalue weighted by molar-refractivity contribution is 5.78. The van der Waals surface area contributed by atoms with Crippen molar-refractivity contribution in [3.63, 3.8) is 0 Å². The Hall–Kier alpha value is -1.14. The van der Waals surface area contributed by atoms with Gasteiger partial charge < -0.3 is 14.8 Å². The summed E-state index contributed by atoms with van der Waals surface area (Å²) >= 11 is 0. The van der Waals surface area contributed by atoms with Crippen LogP contribution in [0.15, 0.2) is 0 Å². The molecule has 2 aliphatic rings. The molecule has 1 heterocycles. The monoisotopic (exact) mass is 298 g/mol. The number of nitrogens with one attached hydrogen (secondary N) is 1. The molecule has 0 radical (unpaired) electrons. The second-order valence-corrected chi connectivity index (χ2v) is 5.94. The van der Waals surface area contributed by atoms with E-state index in [-0.39, 0.29) is 18.0 Å². The molecule has 6 heteroatoms. The molecule has 2 fully saturated rings. The predicted octanol–water partition coefficient (Wildman–Crippen LogP) is 0.557. The third-order valence-electron chi connectivity index (χ3n) is 4.00. The highest BCUT2D eigenvalue weighted by Crippen LogP contribution is 2.27. The van der Waals surface area contributed by atoms with E-state index in [4.69, 9.17) is 4.74 Å². The van der Waals surface area contributed by atoms with E-state index in [0.717, 1.165) is 26.0 Å². The molecule has 2 rings (SSSR count). The first kappa shape index (κ1) is 16.2. The third-order valence-corrected chi connectivity index (χ3v) is 4.00. The molecule has 0 aromatic carbocycles. The lowest BCUT2D eigenvalue weighted by atomic mass is 10.2. The highest BCUT2D eigenvalue weighted by Gasteiger charge is 2.24. The number of rotatable bonds is 9. The van der Waals surface area contributed by atoms with Crippen molar-refractivity contribution in [3.05, 3.63) is 0 Å². The van der Waals surface area contributed by atoms with E-state index in [2.05, 4.69) is 10.1 Å². The van der Waals surface area contributed by atoms with Crippen LogP contribution < -0.4 is 5.32 Å². The Kier molecular flexibility index (Phi) is 6.45. The molecule has 1 saturated carbocycles. The molecule has 0 bridgehead atoms. The summed E-state index contributed by atoms with van der Waals surface area (Å²) in [6.07, 6.45) is 5.03. The van der Waals surface area contributed by atoms with Gasteiger partial charge in [-0.2, -0.15) is 0 Å². The van der Waals surface area contributed by atoms with Gasteiger partial charge in [0.1, 0.15) is 0 Å². The fraction of sp³-hybridized carbons (Fsp3) is 0.867. The topological polar surface area (TPSA) is 67.9 Å². The van der Waals surface area contributed by atoms with Crippen LogP contribution in [0.3, 0.4) is 0 Å². The number of carbonyl (C=O) groups excluding carboxylic acids is 2. The predicted molar refractivity (Wildman–Crippen MR) is 77.8 cm³/mol. The molecule has 1 aliphatic heterocycles. The van der Waals surface area contributed by atoms with E-state index < -0.39 is 0 Å². The van der Waals surface area contributed by atoms with Crippen LogP contribution >= 0.6 is 0 Å². The summed E-state index contributed by atoms with van der Waals surface area (Å²) < 4.78 is 10.3. The molecular formula is C15H26N2O4. The molecule has 120 valence electrons. The minimum Gasteiger partial charge on any atom is -0.469 e. The maximum absolute atomic E-state index is 12.0. The molecule has 1 N–H and O–H groups in total. The van der Waals surface area contributed by atoms with Crippen molar-refractivity contribution in [2.75, 3.05) is 39.9 Å². The minimum absolute atomic E-state index is 0.0322. The zero-order valence-electron chi connectivity index (χ0n) is 12.8. The van der Waals surface area contributed by atoms with Crippen molar-refractivity contribution in [3.8, 4) is 0 Å². The Morgan fingerprint density at radius 3 is 2.76 bits per heavy atom. The molecule has 0 spiro atoms. The summed E-state index contributed by atoms with van der Waals surface area (Å²) in [5.74, 6) is 0.464. The fourth-order valence-electron chi connectivity index (χ4n) is 2.50. The Labute approximate surface area is 126 Å². The van der Waals surface area contributed by atoms with E-state index in [0.29, 0.717) is 32.0 Å². The average Bonchev–Trinajstić information content (AvgIpc) is 3.18. The number of esters is 1. The van der Waals surface area contributed by atoms with E-state index in [9.17, 15) is 9.59 Å². The van der Waals surface area contributed by atoms with Crippen LogP contribution in [0, 0.1) is 5.92 Å². The van der Waals surface area contributed by atoms with Crippen LogP contribution in [0.5, 0.6) is 0 Å². The molecule has 0 aromatic rings. The second kappa shape index (κ2) is 8.34. The molecule has 1 atom stereocenters. The summed E-state index contributed by atoms with van der Waals surface area (Å²) in [5.41, 5.74) is 0. The summed E-state index contributed by atoms with van der Waals surface area (Å²) in [6, 6.07) is 0. The highest BCUT2D eigenvalue weighted by atomic mass is 16.5. The average molecular weight is 298 g/mol. The van der Waals surface area contributed by atoms with Crippen LogP contribution in [0.25, 0.3) is 0 Å². The number of methoxy groups -OCH3 is 1. The lowest BCUT2D eigenvalue weighted by Crippen LogP contribution is -2.42. The van der Waals surface area contributed by atoms with Gasteiger partial charge >= 0.3 is 5.97 Å². The smallest absolute Gasteiger partial charge is 0.306 e. The largest absolute Gasteiger partial charge is 0.469 e. The first-order valence-electron chi connectivity index (χ1n) is 7.85. The summed E-state index contributed by atoms with van der Waals surface area (Å²) in [4.78, 5) is 25.2. The van der Waals surface area contributed by atoms with Crippen LogP contribution in [0.1, 0.15) is 32.1 Å². The number of carbonyl (C=O) groups is 2. The van der Waals surface area contributed by atoms with Gasteiger partial charge in [0.05, 0.1) is 26.2 Å². The minimum atomic E-state index is -0.245. The van der Waals surface area contributed by atoms with Gasteiger partial charge in [-0.05, 0) is 31.6 Å². The van der Waals surface area contributed by atoms with Gasteiger partial charge in [-0.25, -0.2) is 0 Å². The number of hydrogen-bond acceptors (Lipinski definition) is 5. The Morgan fingerprint density at radius 2 is 2.14 bits per heavy atom. The van der Waals surface area contributed by atoms with Crippen molar-refractivity contribution < 1.29 is 19.1 Å². The van der Waals surface area contributed by atoms with E-state index in [1.54, 1.807) is 0 Å². The number of ether oxygens (including phenoxy) is 2. The quantitative estimate of drug-likeness (QED) is 0.630. The van der Waals surface area contributed by atoms with Crippen molar-refractivity contribution in [2.24, 2.45) is 5.92 Å². The van der Waals surface area contributed by atoms with Gasteiger partial charge in [0.25, 0.3) is 0 Å². The van der Waals surface area contributed by atoms with Crippen molar-refractivity contribution in [1.29, 1.82) is 0 Å². The summed E-state index contributed by atoms with van der Waals surface area (Å²) in [6.45, 7) is 3.13. The Balaban J connectivity index is 1.74. The van der Waals surface area contributed by atoms with Gasteiger partial charge in [-0.15, -0.1) is 0 Å². The number of hydrogen-bond donors (Lipinski definition) is 1. The van der Waals surface area contributed by atoms with Crippen LogP contribution in [0.4, 0.5) is 0 Å². The van der Waals surface area contributed by atoms with Crippen molar-refractivity contribution in [1.82, 2.24) is 10.2 Å². The van der Waals surface area contributed by atoms with E-state index >= 15 is 0 Å². The van der Waals surface area contributed by atoms with Crippen molar-refractivity contribution >= 4 is 11.9 Å². The molecule has 0 aromatic heterocycles. The van der Waals surface area contributed by atoms with Gasteiger partial charge in [-0.3, -0.25) is 14.5 Å². The maximum Gasteiger partial charge on any atom is 0.306 e. The first-order chi connectivity index (χ1) is 10.2. The Bertz CT molecular complexity index is 352. The number of nitrogens with zero attached hydrogens (tertiary/aromatic N) is 1. The van der Waals surface area contributed by atoms with E-state index in [1.807, 2.05) is 4.90 Å². The second-order valence-electron chi connectivity index (χ2n) is 5.94. The summed E-state index contributed by atoms with van der Waals surface area (Å²) in [7, 11) is 1.38. The van der Waals surface area contributed by atoms with Gasteiger partial charge in [0, 0.05) is 26.2 Å². The maximum atomic E-state index is 12.0. The zero-order chi connectivity index (χ0) is 15.1. The fourth-order valence-corrected chi connectivity index (χ4v) is 2.50. The third kappa shape index (κ3) is 6.44. The molecule has 1 aliphatic carbocycles. The molecular weight excluding hydrogens is 272 g/mol. The first-order valence-corrected chi connectivity index (χ1v) is 7.85. The molecule has 1 saturated heterocycles. The standard InChI is InChI=1S/C15H26N2O4/c1-20-15(19)6-7-17(10-13-3-2-8-21-13)11-14(18)16-9-12-4-5-12/h12-13H,2-11H2,1H3,(H,16,18). The van der Waals surface area contributed by atoms with Crippen molar-refractivity contribution in [2.45, 2.75) is 38.2 Å². The van der Waals surface area contributed by atoms with E-state index in [1.165, 1.54) is 20.0 Å². The van der Waals surface area contributed by atoms with Gasteiger partial charge in [-0.1, -0.05) is 0 Å². The SMILES string of the molecule is COC(=O)CCN(CC(=O)NCC1CC1)CC1CCCO1. The lowest BCUT2D eigenvalue weighted by Gasteiger charge is -2.24.